The van der Waals surface area contributed by atoms with Crippen LogP contribution in [0.3, 0.4) is 0 Å². The first-order chi connectivity index (χ1) is 24.6. The average Bonchev–Trinajstić information content (AvgIpc) is 3.15. The number of nitrogens with zero attached hydrogens (tertiary/aromatic N) is 4. The molecule has 0 radical (unpaired) electrons. The van der Waals surface area contributed by atoms with Gasteiger partial charge in [0.1, 0.15) is 29.1 Å². The molecular formula is C39H24N6O6. The summed E-state index contributed by atoms with van der Waals surface area (Å²) in [5, 5.41) is 28.4. The van der Waals surface area contributed by atoms with Crippen LogP contribution in [0, 0.1) is 22.7 Å². The lowest BCUT2D eigenvalue weighted by atomic mass is 9.99. The summed E-state index contributed by atoms with van der Waals surface area (Å²) in [4.78, 5) is 76.5. The summed E-state index contributed by atoms with van der Waals surface area (Å²) in [6.07, 6.45) is -0.415. The van der Waals surface area contributed by atoms with Crippen molar-refractivity contribution in [3.05, 3.63) is 163 Å². The minimum atomic E-state index is -1.14. The Morgan fingerprint density at radius 3 is 1.80 bits per heavy atom. The summed E-state index contributed by atoms with van der Waals surface area (Å²) in [6, 6.07) is 31.9. The number of benzene rings is 4. The lowest BCUT2D eigenvalue weighted by Gasteiger charge is -2.09. The second-order valence-corrected chi connectivity index (χ2v) is 11.3. The molecule has 0 aliphatic carbocycles. The van der Waals surface area contributed by atoms with Gasteiger partial charge in [-0.15, -0.1) is 0 Å². The van der Waals surface area contributed by atoms with E-state index in [1.165, 1.54) is 18.2 Å². The third-order valence-corrected chi connectivity index (χ3v) is 7.99. The maximum absolute atomic E-state index is 13.1. The molecule has 12 nitrogen and oxygen atoms in total. The largest absolute Gasteiger partial charge is 0.478 e. The Kier molecular flexibility index (Phi) is 9.33. The number of aromatic amines is 2. The Bertz CT molecular complexity index is 2540. The van der Waals surface area contributed by atoms with E-state index in [4.69, 9.17) is 0 Å². The Labute approximate surface area is 289 Å². The molecule has 2 aromatic heterocycles. The number of carboxylic acid groups (broad SMARTS) is 1. The van der Waals surface area contributed by atoms with Crippen molar-refractivity contribution in [1.82, 2.24) is 19.9 Å². The number of carbonyl (C=O) groups excluding carboxylic acids is 2. The summed E-state index contributed by atoms with van der Waals surface area (Å²) in [7, 11) is 0. The molecule has 0 unspecified atom stereocenters. The maximum atomic E-state index is 13.1. The number of rotatable bonds is 10. The molecule has 12 heteroatoms. The van der Waals surface area contributed by atoms with Crippen LogP contribution in [0.15, 0.2) is 113 Å². The molecule has 6 rings (SSSR count). The van der Waals surface area contributed by atoms with E-state index in [-0.39, 0.29) is 58.4 Å². The number of H-pyrrole nitrogens is 2. The monoisotopic (exact) mass is 672 g/mol. The lowest BCUT2D eigenvalue weighted by molar-refractivity contribution is 0.0696. The molecule has 0 amide bonds. The molecule has 0 spiro atoms. The fourth-order valence-electron chi connectivity index (χ4n) is 5.44. The van der Waals surface area contributed by atoms with Gasteiger partial charge >= 0.3 is 5.97 Å². The number of carbonyl (C=O) groups is 3. The van der Waals surface area contributed by atoms with Crippen molar-refractivity contribution in [3.8, 4) is 45.8 Å². The van der Waals surface area contributed by atoms with Gasteiger partial charge in [-0.2, -0.15) is 10.5 Å². The van der Waals surface area contributed by atoms with Crippen molar-refractivity contribution in [2.45, 2.75) is 12.8 Å². The van der Waals surface area contributed by atoms with Crippen molar-refractivity contribution < 1.29 is 19.5 Å². The number of carboxylic acids is 1. The van der Waals surface area contributed by atoms with Crippen LogP contribution >= 0.6 is 0 Å². The van der Waals surface area contributed by atoms with Crippen LogP contribution in [0.25, 0.3) is 33.6 Å². The molecule has 0 saturated carbocycles. The van der Waals surface area contributed by atoms with Gasteiger partial charge in [-0.3, -0.25) is 19.2 Å². The van der Waals surface area contributed by atoms with Crippen LogP contribution in [-0.4, -0.2) is 42.6 Å². The number of nitrogens with one attached hydrogen (secondary N) is 2. The number of aromatic carboxylic acids is 1. The summed E-state index contributed by atoms with van der Waals surface area (Å²) in [6.45, 7) is 0. The Morgan fingerprint density at radius 1 is 0.608 bits per heavy atom. The van der Waals surface area contributed by atoms with E-state index < -0.39 is 22.9 Å². The first-order valence-corrected chi connectivity index (χ1v) is 15.4. The van der Waals surface area contributed by atoms with E-state index in [1.807, 2.05) is 12.1 Å². The van der Waals surface area contributed by atoms with Gasteiger partial charge in [-0.05, 0) is 28.8 Å². The second kappa shape index (κ2) is 14.3. The number of hydrogen-bond acceptors (Lipinski definition) is 9. The van der Waals surface area contributed by atoms with Crippen LogP contribution in [-0.2, 0) is 12.8 Å². The lowest BCUT2D eigenvalue weighted by Crippen LogP contribution is -2.21. The van der Waals surface area contributed by atoms with Gasteiger partial charge in [-0.25, -0.2) is 14.8 Å². The van der Waals surface area contributed by atoms with Gasteiger partial charge in [0.05, 0.1) is 23.4 Å². The molecule has 246 valence electrons. The number of ketones is 2. The molecule has 0 aliphatic rings. The highest BCUT2D eigenvalue weighted by atomic mass is 16.4. The number of nitriles is 2. The van der Waals surface area contributed by atoms with Crippen molar-refractivity contribution in [2.75, 3.05) is 0 Å². The zero-order chi connectivity index (χ0) is 36.1. The van der Waals surface area contributed by atoms with Crippen LogP contribution < -0.4 is 11.1 Å². The van der Waals surface area contributed by atoms with Gasteiger partial charge < -0.3 is 15.1 Å². The Balaban J connectivity index is 1.20. The molecule has 0 saturated heterocycles. The van der Waals surface area contributed by atoms with Gasteiger partial charge in [0.25, 0.3) is 11.1 Å². The van der Waals surface area contributed by atoms with Crippen LogP contribution in [0.2, 0.25) is 0 Å². The summed E-state index contributed by atoms with van der Waals surface area (Å²) in [5.74, 6) is -2.14. The number of aromatic nitrogens is 4. The first-order valence-electron chi connectivity index (χ1n) is 15.4. The van der Waals surface area contributed by atoms with Crippen LogP contribution in [0.4, 0.5) is 0 Å². The zero-order valence-corrected chi connectivity index (χ0v) is 26.5. The third-order valence-electron chi connectivity index (χ3n) is 7.99. The van der Waals surface area contributed by atoms with Gasteiger partial charge in [-0.1, -0.05) is 91.0 Å². The smallest absolute Gasteiger partial charge is 0.335 e. The fraction of sp³-hybridized carbons (Fsp3) is 0.0513. The van der Waals surface area contributed by atoms with E-state index >= 15 is 0 Å². The number of Topliss-reactive ketones (excluding diaryl/α,β-unsaturated/α-hetero) is 2. The SMILES string of the molecule is N#Cc1c(-c2ccccc2)nc(CC(=O)c2ccc(-c3ccc(-c4nc(C(=O)Cc5cccc(C(=O)O)c5)[nH]c(=O)c4C#N)cc3)cc2)[nH]c1=O. The highest BCUT2D eigenvalue weighted by molar-refractivity contribution is 5.98. The molecule has 0 atom stereocenters. The minimum absolute atomic E-state index is 0.0131. The molecule has 0 aliphatic heterocycles. The van der Waals surface area contributed by atoms with Gasteiger partial charge in [0, 0.05) is 23.1 Å². The maximum Gasteiger partial charge on any atom is 0.335 e. The zero-order valence-electron chi connectivity index (χ0n) is 26.5. The molecular weight excluding hydrogens is 648 g/mol. The summed E-state index contributed by atoms with van der Waals surface area (Å²) in [5.41, 5.74) is 1.70. The topological polar surface area (TPSA) is 211 Å². The Hall–Kier alpha value is -7.57. The Morgan fingerprint density at radius 2 is 1.18 bits per heavy atom. The average molecular weight is 673 g/mol. The van der Waals surface area contributed by atoms with Gasteiger partial charge in [0.15, 0.2) is 11.6 Å². The highest BCUT2D eigenvalue weighted by Crippen LogP contribution is 2.26. The van der Waals surface area contributed by atoms with Crippen molar-refractivity contribution in [3.63, 3.8) is 0 Å². The van der Waals surface area contributed by atoms with E-state index in [2.05, 4.69) is 19.9 Å². The second-order valence-electron chi connectivity index (χ2n) is 11.3. The quantitative estimate of drug-likeness (QED) is 0.163. The van der Waals surface area contributed by atoms with Crippen molar-refractivity contribution in [1.29, 1.82) is 10.5 Å². The van der Waals surface area contributed by atoms with E-state index in [1.54, 1.807) is 84.9 Å². The summed E-state index contributed by atoms with van der Waals surface area (Å²) < 4.78 is 0. The molecule has 6 aromatic rings. The minimum Gasteiger partial charge on any atom is -0.478 e. The van der Waals surface area contributed by atoms with Crippen molar-refractivity contribution >= 4 is 17.5 Å². The van der Waals surface area contributed by atoms with Gasteiger partial charge in [0.2, 0.25) is 5.78 Å². The van der Waals surface area contributed by atoms with Crippen LogP contribution in [0.1, 0.15) is 53.8 Å². The summed E-state index contributed by atoms with van der Waals surface area (Å²) >= 11 is 0. The normalized spacial score (nSPS) is 10.5. The molecule has 0 fully saturated rings. The fourth-order valence-corrected chi connectivity index (χ4v) is 5.44. The van der Waals surface area contributed by atoms with Crippen molar-refractivity contribution in [2.24, 2.45) is 0 Å². The predicted molar refractivity (Wildman–Crippen MR) is 185 cm³/mol. The molecule has 4 aromatic carbocycles. The molecule has 3 N–H and O–H groups in total. The third kappa shape index (κ3) is 7.16. The highest BCUT2D eigenvalue weighted by Gasteiger charge is 2.19. The molecule has 51 heavy (non-hydrogen) atoms. The molecule has 2 heterocycles. The number of hydrogen-bond donors (Lipinski definition) is 3. The first kappa shape index (κ1) is 33.3. The molecule has 0 bridgehead atoms. The standard InChI is InChI=1S/C39H24N6O6/c40-20-29-34(26-6-2-1-3-7-26)42-33(43-37(29)48)19-31(46)25-13-9-23(10-14-25)24-11-15-27(16-12-24)35-30(21-41)38(49)45-36(44-35)32(47)18-22-5-4-8-28(17-22)39(50)51/h1-17H,18-19H2,(H,50,51)(H,42,43,48)(H,44,45,49). The van der Waals surface area contributed by atoms with E-state index in [0.717, 1.165) is 11.1 Å². The van der Waals surface area contributed by atoms with E-state index in [9.17, 15) is 39.6 Å². The predicted octanol–water partition coefficient (Wildman–Crippen LogP) is 5.15. The van der Waals surface area contributed by atoms with E-state index in [0.29, 0.717) is 22.3 Å². The van der Waals surface area contributed by atoms with Crippen LogP contribution in [0.5, 0.6) is 0 Å².